The standard InChI is InChI=1S/C21H27N3O2/c25-20-17(4-5-19(23-20)18-3-1-2-6-22-18)21(26)24-12-15-8-13-7-14(9-15)11-16(24)10-13/h1-3,6,13-17,19H,4-5,7-12H2,(H,23,25). The summed E-state index contributed by atoms with van der Waals surface area (Å²) in [7, 11) is 0. The Kier molecular flexibility index (Phi) is 3.98. The van der Waals surface area contributed by atoms with E-state index in [0.717, 1.165) is 43.3 Å². The number of fused-ring (bicyclic) bond motifs is 1. The zero-order valence-corrected chi connectivity index (χ0v) is 15.1. The Morgan fingerprint density at radius 2 is 1.81 bits per heavy atom. The molecule has 6 rings (SSSR count). The Labute approximate surface area is 154 Å². The minimum Gasteiger partial charge on any atom is -0.347 e. The van der Waals surface area contributed by atoms with E-state index in [2.05, 4.69) is 15.2 Å². The number of amides is 2. The lowest BCUT2D eigenvalue weighted by Crippen LogP contribution is -2.51. The molecule has 2 aliphatic carbocycles. The Morgan fingerprint density at radius 1 is 1.04 bits per heavy atom. The molecule has 4 heterocycles. The molecule has 2 saturated carbocycles. The smallest absolute Gasteiger partial charge is 0.235 e. The first-order valence-electron chi connectivity index (χ1n) is 10.2. The maximum Gasteiger partial charge on any atom is 0.235 e. The summed E-state index contributed by atoms with van der Waals surface area (Å²) in [6.45, 7) is 0.879. The van der Waals surface area contributed by atoms with Crippen LogP contribution in [0.1, 0.15) is 56.7 Å². The van der Waals surface area contributed by atoms with Gasteiger partial charge in [-0.15, -0.1) is 0 Å². The van der Waals surface area contributed by atoms with E-state index in [9.17, 15) is 9.59 Å². The number of hydrogen-bond acceptors (Lipinski definition) is 3. The highest BCUT2D eigenvalue weighted by Gasteiger charge is 2.46. The Balaban J connectivity index is 1.30. The van der Waals surface area contributed by atoms with Gasteiger partial charge in [0, 0.05) is 18.8 Å². The van der Waals surface area contributed by atoms with Crippen molar-refractivity contribution in [3.63, 3.8) is 0 Å². The summed E-state index contributed by atoms with van der Waals surface area (Å²) >= 11 is 0. The van der Waals surface area contributed by atoms with Crippen LogP contribution in [0.15, 0.2) is 24.4 Å². The topological polar surface area (TPSA) is 62.3 Å². The Morgan fingerprint density at radius 3 is 2.50 bits per heavy atom. The summed E-state index contributed by atoms with van der Waals surface area (Å²) in [5.74, 6) is 1.74. The molecule has 5 fully saturated rings. The van der Waals surface area contributed by atoms with Crippen molar-refractivity contribution in [2.45, 2.75) is 57.0 Å². The second-order valence-electron chi connectivity index (χ2n) is 8.87. The van der Waals surface area contributed by atoms with Crippen LogP contribution in [0.2, 0.25) is 0 Å². The van der Waals surface area contributed by atoms with Gasteiger partial charge in [0.1, 0.15) is 5.92 Å². The number of nitrogens with one attached hydrogen (secondary N) is 1. The zero-order chi connectivity index (χ0) is 17.7. The molecule has 1 N–H and O–H groups in total. The minimum absolute atomic E-state index is 0.0660. The number of piperidine rings is 1. The molecule has 5 aliphatic rings. The van der Waals surface area contributed by atoms with Gasteiger partial charge < -0.3 is 10.2 Å². The molecule has 4 atom stereocenters. The largest absolute Gasteiger partial charge is 0.347 e. The van der Waals surface area contributed by atoms with Gasteiger partial charge in [0.25, 0.3) is 0 Å². The normalized spacial score (nSPS) is 38.8. The van der Waals surface area contributed by atoms with E-state index in [0.29, 0.717) is 18.4 Å². The van der Waals surface area contributed by atoms with Gasteiger partial charge in [0.15, 0.2) is 0 Å². The van der Waals surface area contributed by atoms with Crippen molar-refractivity contribution in [2.24, 2.45) is 23.7 Å². The summed E-state index contributed by atoms with van der Waals surface area (Å²) in [5, 5.41) is 3.05. The summed E-state index contributed by atoms with van der Waals surface area (Å²) < 4.78 is 0. The molecule has 0 spiro atoms. The van der Waals surface area contributed by atoms with Crippen LogP contribution in [-0.4, -0.2) is 34.3 Å². The van der Waals surface area contributed by atoms with Crippen molar-refractivity contribution in [3.8, 4) is 0 Å². The lowest BCUT2D eigenvalue weighted by atomic mass is 9.68. The van der Waals surface area contributed by atoms with Crippen LogP contribution in [0.3, 0.4) is 0 Å². The fourth-order valence-corrected chi connectivity index (χ4v) is 6.10. The zero-order valence-electron chi connectivity index (χ0n) is 15.1. The number of pyridine rings is 1. The maximum atomic E-state index is 13.3. The van der Waals surface area contributed by atoms with Gasteiger partial charge in [0.05, 0.1) is 11.7 Å². The monoisotopic (exact) mass is 353 g/mol. The van der Waals surface area contributed by atoms with Crippen LogP contribution in [0, 0.1) is 23.7 Å². The lowest BCUT2D eigenvalue weighted by molar-refractivity contribution is -0.146. The highest BCUT2D eigenvalue weighted by atomic mass is 16.2. The first-order chi connectivity index (χ1) is 12.7. The van der Waals surface area contributed by atoms with E-state index in [1.807, 2.05) is 18.2 Å². The summed E-state index contributed by atoms with van der Waals surface area (Å²) in [4.78, 5) is 32.5. The third-order valence-electron chi connectivity index (χ3n) is 7.11. The number of carbonyl (C=O) groups excluding carboxylic acids is 2. The molecule has 4 unspecified atom stereocenters. The quantitative estimate of drug-likeness (QED) is 0.832. The Bertz CT molecular complexity index is 692. The highest BCUT2D eigenvalue weighted by molar-refractivity contribution is 6.01. The lowest BCUT2D eigenvalue weighted by Gasteiger charge is -2.40. The number of rotatable bonds is 2. The van der Waals surface area contributed by atoms with Gasteiger partial charge >= 0.3 is 0 Å². The van der Waals surface area contributed by atoms with Crippen molar-refractivity contribution in [1.29, 1.82) is 0 Å². The Hall–Kier alpha value is -1.91. The molecule has 3 saturated heterocycles. The molecule has 5 heteroatoms. The van der Waals surface area contributed by atoms with Crippen molar-refractivity contribution >= 4 is 11.8 Å². The number of aromatic nitrogens is 1. The molecule has 26 heavy (non-hydrogen) atoms. The summed E-state index contributed by atoms with van der Waals surface area (Å²) in [6, 6.07) is 6.07. The average molecular weight is 353 g/mol. The molecule has 138 valence electrons. The summed E-state index contributed by atoms with van der Waals surface area (Å²) in [6.07, 6.45) is 9.42. The second kappa shape index (κ2) is 6.36. The maximum absolute atomic E-state index is 13.3. The molecular formula is C21H27N3O2. The second-order valence-corrected chi connectivity index (χ2v) is 8.87. The van der Waals surface area contributed by atoms with E-state index in [-0.39, 0.29) is 17.9 Å². The molecular weight excluding hydrogens is 326 g/mol. The molecule has 0 aromatic carbocycles. The molecule has 3 aliphatic heterocycles. The van der Waals surface area contributed by atoms with Gasteiger partial charge in [-0.25, -0.2) is 0 Å². The van der Waals surface area contributed by atoms with Gasteiger partial charge in [-0.05, 0) is 74.8 Å². The molecule has 1 aromatic heterocycles. The predicted octanol–water partition coefficient (Wildman–Crippen LogP) is 2.69. The van der Waals surface area contributed by atoms with E-state index >= 15 is 0 Å². The number of hydrogen-bond donors (Lipinski definition) is 1. The van der Waals surface area contributed by atoms with Crippen molar-refractivity contribution in [2.75, 3.05) is 6.54 Å². The molecule has 5 nitrogen and oxygen atoms in total. The van der Waals surface area contributed by atoms with Gasteiger partial charge in [-0.3, -0.25) is 14.6 Å². The van der Waals surface area contributed by atoms with Gasteiger partial charge in [-0.2, -0.15) is 0 Å². The van der Waals surface area contributed by atoms with E-state index in [1.165, 1.54) is 19.3 Å². The van der Waals surface area contributed by atoms with Crippen LogP contribution in [0.25, 0.3) is 0 Å². The predicted molar refractivity (Wildman–Crippen MR) is 96.9 cm³/mol. The van der Waals surface area contributed by atoms with Crippen molar-refractivity contribution in [3.05, 3.63) is 30.1 Å². The molecule has 0 radical (unpaired) electrons. The van der Waals surface area contributed by atoms with Crippen LogP contribution < -0.4 is 5.32 Å². The van der Waals surface area contributed by atoms with E-state index in [4.69, 9.17) is 0 Å². The van der Waals surface area contributed by atoms with Crippen LogP contribution in [0.4, 0.5) is 0 Å². The van der Waals surface area contributed by atoms with Crippen LogP contribution in [0.5, 0.6) is 0 Å². The fourth-order valence-electron chi connectivity index (χ4n) is 6.10. The SMILES string of the molecule is O=C1NC(c2ccccn2)CCC1C(=O)N1CC2CC3CC(C2)CC1C3. The molecule has 1 aromatic rings. The van der Waals surface area contributed by atoms with Crippen molar-refractivity contribution < 1.29 is 9.59 Å². The average Bonchev–Trinajstić information content (AvgIpc) is 2.85. The number of nitrogens with zero attached hydrogens (tertiary/aromatic N) is 2. The van der Waals surface area contributed by atoms with Gasteiger partial charge in [-0.1, -0.05) is 6.07 Å². The first kappa shape index (κ1) is 16.3. The minimum atomic E-state index is -0.509. The summed E-state index contributed by atoms with van der Waals surface area (Å²) in [5.41, 5.74) is 0.887. The van der Waals surface area contributed by atoms with Crippen LogP contribution >= 0.6 is 0 Å². The van der Waals surface area contributed by atoms with Crippen molar-refractivity contribution in [1.82, 2.24) is 15.2 Å². The van der Waals surface area contributed by atoms with E-state index in [1.54, 1.807) is 6.20 Å². The van der Waals surface area contributed by atoms with E-state index < -0.39 is 5.92 Å². The fraction of sp³-hybridized carbons (Fsp3) is 0.667. The highest BCUT2D eigenvalue weighted by Crippen LogP contribution is 2.48. The molecule has 2 amide bonds. The van der Waals surface area contributed by atoms with Crippen LogP contribution in [-0.2, 0) is 9.59 Å². The molecule has 4 bridgehead atoms. The number of carbonyl (C=O) groups is 2. The van der Waals surface area contributed by atoms with Gasteiger partial charge in [0.2, 0.25) is 11.8 Å². The first-order valence-corrected chi connectivity index (χ1v) is 10.2. The third kappa shape index (κ3) is 2.81. The third-order valence-corrected chi connectivity index (χ3v) is 7.11.